The third-order valence-corrected chi connectivity index (χ3v) is 4.61. The van der Waals surface area contributed by atoms with E-state index in [1.165, 1.54) is 0 Å². The molecule has 0 radical (unpaired) electrons. The molecule has 6 heteroatoms. The van der Waals surface area contributed by atoms with Crippen molar-refractivity contribution < 1.29 is 14.4 Å². The zero-order valence-corrected chi connectivity index (χ0v) is 14.5. The van der Waals surface area contributed by atoms with Gasteiger partial charge in [0.15, 0.2) is 0 Å². The Kier molecular flexibility index (Phi) is 5.02. The molecule has 1 saturated heterocycles. The number of carbonyl (C=O) groups is 3. The first-order chi connectivity index (χ1) is 12.5. The summed E-state index contributed by atoms with van der Waals surface area (Å²) in [5, 5.41) is 7.87. The van der Waals surface area contributed by atoms with Crippen LogP contribution in [0.2, 0.25) is 0 Å². The first-order valence-electron chi connectivity index (χ1n) is 8.62. The van der Waals surface area contributed by atoms with Crippen molar-refractivity contribution in [2.75, 3.05) is 5.32 Å². The Morgan fingerprint density at radius 3 is 2.38 bits per heavy atom. The van der Waals surface area contributed by atoms with Gasteiger partial charge in [-0.1, -0.05) is 55.5 Å². The van der Waals surface area contributed by atoms with Gasteiger partial charge in [-0.2, -0.15) is 0 Å². The first kappa shape index (κ1) is 17.7. The SMILES string of the molecule is CCc1ccccc1NC(=O)CCC1(c2ccccc2)NC(=O)NC1=O. The van der Waals surface area contributed by atoms with Gasteiger partial charge in [0.25, 0.3) is 5.91 Å². The van der Waals surface area contributed by atoms with Gasteiger partial charge in [0.05, 0.1) is 0 Å². The number of hydrogen-bond donors (Lipinski definition) is 3. The van der Waals surface area contributed by atoms with Gasteiger partial charge in [0.2, 0.25) is 5.91 Å². The van der Waals surface area contributed by atoms with E-state index in [0.717, 1.165) is 17.7 Å². The van der Waals surface area contributed by atoms with Crippen molar-refractivity contribution in [3.8, 4) is 0 Å². The van der Waals surface area contributed by atoms with Crippen molar-refractivity contribution in [2.24, 2.45) is 0 Å². The molecule has 134 valence electrons. The van der Waals surface area contributed by atoms with Gasteiger partial charge in [-0.3, -0.25) is 14.9 Å². The Balaban J connectivity index is 1.76. The van der Waals surface area contributed by atoms with Crippen LogP contribution in [0.1, 0.15) is 30.9 Å². The van der Waals surface area contributed by atoms with E-state index in [2.05, 4.69) is 16.0 Å². The van der Waals surface area contributed by atoms with Crippen molar-refractivity contribution in [3.63, 3.8) is 0 Å². The van der Waals surface area contributed by atoms with Crippen LogP contribution >= 0.6 is 0 Å². The van der Waals surface area contributed by atoms with Gasteiger partial charge in [-0.15, -0.1) is 0 Å². The Morgan fingerprint density at radius 2 is 1.73 bits per heavy atom. The predicted molar refractivity (Wildman–Crippen MR) is 98.5 cm³/mol. The quantitative estimate of drug-likeness (QED) is 0.699. The van der Waals surface area contributed by atoms with Crippen molar-refractivity contribution >= 4 is 23.5 Å². The van der Waals surface area contributed by atoms with Crippen LogP contribution in [-0.4, -0.2) is 17.8 Å². The summed E-state index contributed by atoms with van der Waals surface area (Å²) in [4.78, 5) is 36.6. The second-order valence-corrected chi connectivity index (χ2v) is 6.24. The van der Waals surface area contributed by atoms with Gasteiger partial charge < -0.3 is 10.6 Å². The van der Waals surface area contributed by atoms with E-state index in [1.54, 1.807) is 24.3 Å². The van der Waals surface area contributed by atoms with Crippen molar-refractivity contribution in [3.05, 3.63) is 65.7 Å². The Bertz CT molecular complexity index is 835. The molecule has 1 atom stereocenters. The highest BCUT2D eigenvalue weighted by Crippen LogP contribution is 2.30. The van der Waals surface area contributed by atoms with E-state index in [1.807, 2.05) is 37.3 Å². The molecule has 3 rings (SSSR count). The minimum absolute atomic E-state index is 0.0979. The highest BCUT2D eigenvalue weighted by molar-refractivity contribution is 6.07. The molecule has 0 saturated carbocycles. The number of urea groups is 1. The van der Waals surface area contributed by atoms with Crippen molar-refractivity contribution in [1.82, 2.24) is 10.6 Å². The number of amides is 4. The fraction of sp³-hybridized carbons (Fsp3) is 0.250. The number of aryl methyl sites for hydroxylation is 1. The minimum atomic E-state index is -1.22. The van der Waals surface area contributed by atoms with Crippen LogP contribution < -0.4 is 16.0 Å². The number of nitrogens with one attached hydrogen (secondary N) is 3. The number of imide groups is 1. The lowest BCUT2D eigenvalue weighted by Crippen LogP contribution is -2.44. The summed E-state index contributed by atoms with van der Waals surface area (Å²) in [6.07, 6.45) is 1.08. The summed E-state index contributed by atoms with van der Waals surface area (Å²) in [6.45, 7) is 2.02. The molecule has 0 aromatic heterocycles. The average molecular weight is 351 g/mol. The topological polar surface area (TPSA) is 87.3 Å². The lowest BCUT2D eigenvalue weighted by atomic mass is 9.85. The summed E-state index contributed by atoms with van der Waals surface area (Å²) in [7, 11) is 0. The second kappa shape index (κ2) is 7.39. The molecular formula is C20H21N3O3. The van der Waals surface area contributed by atoms with Gasteiger partial charge in [0, 0.05) is 12.1 Å². The number of rotatable bonds is 6. The van der Waals surface area contributed by atoms with Crippen LogP contribution in [-0.2, 0) is 21.5 Å². The Morgan fingerprint density at radius 1 is 1.04 bits per heavy atom. The van der Waals surface area contributed by atoms with E-state index in [4.69, 9.17) is 0 Å². The maximum atomic E-state index is 12.5. The average Bonchev–Trinajstić information content (AvgIpc) is 2.95. The Hall–Kier alpha value is -3.15. The number of benzene rings is 2. The van der Waals surface area contributed by atoms with Crippen molar-refractivity contribution in [1.29, 1.82) is 0 Å². The maximum absolute atomic E-state index is 12.5. The van der Waals surface area contributed by atoms with Crippen LogP contribution in [0.25, 0.3) is 0 Å². The standard InChI is InChI=1S/C20H21N3O3/c1-2-14-8-6-7-11-16(14)21-17(24)12-13-20(15-9-4-3-5-10-15)18(25)22-19(26)23-20/h3-11H,2,12-13H2,1H3,(H,21,24)(H2,22,23,25,26). The van der Waals surface area contributed by atoms with E-state index in [-0.39, 0.29) is 18.7 Å². The first-order valence-corrected chi connectivity index (χ1v) is 8.62. The maximum Gasteiger partial charge on any atom is 0.322 e. The van der Waals surface area contributed by atoms with Crippen LogP contribution in [0, 0.1) is 0 Å². The number of hydrogen-bond acceptors (Lipinski definition) is 3. The monoisotopic (exact) mass is 351 g/mol. The zero-order chi connectivity index (χ0) is 18.6. The summed E-state index contributed by atoms with van der Waals surface area (Å²) in [6, 6.07) is 16.0. The summed E-state index contributed by atoms with van der Waals surface area (Å²) in [5.41, 5.74) is 1.25. The molecule has 2 aromatic rings. The molecule has 3 N–H and O–H groups in total. The van der Waals surface area contributed by atoms with Crippen molar-refractivity contribution in [2.45, 2.75) is 31.7 Å². The second-order valence-electron chi connectivity index (χ2n) is 6.24. The molecular weight excluding hydrogens is 330 g/mol. The van der Waals surface area contributed by atoms with E-state index in [0.29, 0.717) is 5.56 Å². The molecule has 1 aliphatic heterocycles. The molecule has 6 nitrogen and oxygen atoms in total. The molecule has 0 bridgehead atoms. The fourth-order valence-electron chi connectivity index (χ4n) is 3.20. The molecule has 0 aliphatic carbocycles. The Labute approximate surface area is 152 Å². The molecule has 1 heterocycles. The molecule has 1 aliphatic rings. The smallest absolute Gasteiger partial charge is 0.322 e. The largest absolute Gasteiger partial charge is 0.326 e. The molecule has 4 amide bonds. The van der Waals surface area contributed by atoms with Gasteiger partial charge in [-0.05, 0) is 30.0 Å². The fourth-order valence-corrected chi connectivity index (χ4v) is 3.20. The van der Waals surface area contributed by atoms with Crippen LogP contribution in [0.5, 0.6) is 0 Å². The summed E-state index contributed by atoms with van der Waals surface area (Å²) >= 11 is 0. The minimum Gasteiger partial charge on any atom is -0.326 e. The molecule has 0 spiro atoms. The number of carbonyl (C=O) groups excluding carboxylic acids is 3. The summed E-state index contributed by atoms with van der Waals surface area (Å²) in [5.74, 6) is -0.634. The molecule has 2 aromatic carbocycles. The van der Waals surface area contributed by atoms with Gasteiger partial charge >= 0.3 is 6.03 Å². The molecule has 26 heavy (non-hydrogen) atoms. The van der Waals surface area contributed by atoms with E-state index in [9.17, 15) is 14.4 Å². The van der Waals surface area contributed by atoms with E-state index < -0.39 is 17.5 Å². The lowest BCUT2D eigenvalue weighted by Gasteiger charge is -2.26. The molecule has 1 fully saturated rings. The highest BCUT2D eigenvalue weighted by atomic mass is 16.2. The number of para-hydroxylation sites is 1. The number of anilines is 1. The molecule has 1 unspecified atom stereocenters. The van der Waals surface area contributed by atoms with E-state index >= 15 is 0 Å². The predicted octanol–water partition coefficient (Wildman–Crippen LogP) is 2.70. The third-order valence-electron chi connectivity index (χ3n) is 4.61. The van der Waals surface area contributed by atoms with Gasteiger partial charge in [0.1, 0.15) is 5.54 Å². The van der Waals surface area contributed by atoms with Crippen LogP contribution in [0.3, 0.4) is 0 Å². The van der Waals surface area contributed by atoms with Crippen LogP contribution in [0.4, 0.5) is 10.5 Å². The third kappa shape index (κ3) is 3.44. The zero-order valence-electron chi connectivity index (χ0n) is 14.5. The summed E-state index contributed by atoms with van der Waals surface area (Å²) < 4.78 is 0. The van der Waals surface area contributed by atoms with Crippen LogP contribution in [0.15, 0.2) is 54.6 Å². The highest BCUT2D eigenvalue weighted by Gasteiger charge is 2.47. The lowest BCUT2D eigenvalue weighted by molar-refractivity contribution is -0.125. The normalized spacial score (nSPS) is 19.0. The van der Waals surface area contributed by atoms with Gasteiger partial charge in [-0.25, -0.2) is 4.79 Å².